The minimum absolute atomic E-state index is 0.178. The average Bonchev–Trinajstić information content (AvgIpc) is 2.79. The van der Waals surface area contributed by atoms with Crippen LogP contribution in [0.2, 0.25) is 0 Å². The zero-order valence-electron chi connectivity index (χ0n) is 9.20. The van der Waals surface area contributed by atoms with E-state index in [-0.39, 0.29) is 5.89 Å². The molecule has 6 heteroatoms. The van der Waals surface area contributed by atoms with Crippen molar-refractivity contribution in [3.63, 3.8) is 0 Å². The standard InChI is InChI=1S/C11H11F2N3O/c1-2-14-6-10-15-16-11(17-10)7-3-4-8(12)9(13)5-7/h3-5,14H,2,6H2,1H3. The Hall–Kier alpha value is -1.82. The molecule has 2 aromatic rings. The minimum atomic E-state index is -0.936. The minimum Gasteiger partial charge on any atom is -0.419 e. The summed E-state index contributed by atoms with van der Waals surface area (Å²) in [5.41, 5.74) is 0.360. The van der Waals surface area contributed by atoms with Gasteiger partial charge >= 0.3 is 0 Å². The van der Waals surface area contributed by atoms with E-state index in [4.69, 9.17) is 4.42 Å². The maximum Gasteiger partial charge on any atom is 0.247 e. The van der Waals surface area contributed by atoms with Crippen molar-refractivity contribution in [2.24, 2.45) is 0 Å². The molecule has 1 N–H and O–H groups in total. The van der Waals surface area contributed by atoms with Crippen molar-refractivity contribution in [3.05, 3.63) is 35.7 Å². The molecule has 1 heterocycles. The van der Waals surface area contributed by atoms with E-state index < -0.39 is 11.6 Å². The summed E-state index contributed by atoms with van der Waals surface area (Å²) in [7, 11) is 0. The summed E-state index contributed by atoms with van der Waals surface area (Å²) in [6.07, 6.45) is 0. The second kappa shape index (κ2) is 5.01. The third-order valence-electron chi connectivity index (χ3n) is 2.16. The lowest BCUT2D eigenvalue weighted by atomic mass is 10.2. The predicted octanol–water partition coefficient (Wildman–Crippen LogP) is 2.12. The van der Waals surface area contributed by atoms with Crippen LogP contribution in [0.4, 0.5) is 8.78 Å². The molecule has 90 valence electrons. The molecule has 0 aliphatic heterocycles. The van der Waals surface area contributed by atoms with Crippen molar-refractivity contribution in [2.75, 3.05) is 6.54 Å². The van der Waals surface area contributed by atoms with E-state index in [2.05, 4.69) is 15.5 Å². The van der Waals surface area contributed by atoms with Gasteiger partial charge in [0.1, 0.15) is 0 Å². The number of aromatic nitrogens is 2. The molecule has 4 nitrogen and oxygen atoms in total. The lowest BCUT2D eigenvalue weighted by Crippen LogP contribution is -2.11. The SMILES string of the molecule is CCNCc1nnc(-c2ccc(F)c(F)c2)o1. The number of hydrogen-bond acceptors (Lipinski definition) is 4. The summed E-state index contributed by atoms with van der Waals surface area (Å²) in [5, 5.41) is 10.6. The molecule has 0 saturated carbocycles. The number of nitrogens with zero attached hydrogens (tertiary/aromatic N) is 2. The maximum absolute atomic E-state index is 13.0. The van der Waals surface area contributed by atoms with E-state index >= 15 is 0 Å². The van der Waals surface area contributed by atoms with Gasteiger partial charge in [0, 0.05) is 5.56 Å². The van der Waals surface area contributed by atoms with Gasteiger partial charge in [-0.2, -0.15) is 0 Å². The van der Waals surface area contributed by atoms with E-state index in [1.165, 1.54) is 6.07 Å². The van der Waals surface area contributed by atoms with Gasteiger partial charge in [-0.1, -0.05) is 6.92 Å². The molecule has 1 aromatic heterocycles. The largest absolute Gasteiger partial charge is 0.419 e. The highest BCUT2D eigenvalue weighted by Gasteiger charge is 2.10. The smallest absolute Gasteiger partial charge is 0.247 e. The summed E-state index contributed by atoms with van der Waals surface area (Å²) in [4.78, 5) is 0. The number of benzene rings is 1. The average molecular weight is 239 g/mol. The van der Waals surface area contributed by atoms with E-state index in [0.29, 0.717) is 18.0 Å². The molecule has 0 saturated heterocycles. The van der Waals surface area contributed by atoms with Crippen LogP contribution in [0.15, 0.2) is 22.6 Å². The van der Waals surface area contributed by atoms with Crippen LogP contribution in [0.1, 0.15) is 12.8 Å². The first-order valence-electron chi connectivity index (χ1n) is 5.19. The third-order valence-corrected chi connectivity index (χ3v) is 2.16. The molecule has 1 aromatic carbocycles. The molecular formula is C11H11F2N3O. The van der Waals surface area contributed by atoms with Crippen molar-refractivity contribution < 1.29 is 13.2 Å². The molecule has 2 rings (SSSR count). The van der Waals surface area contributed by atoms with Crippen LogP contribution < -0.4 is 5.32 Å². The quantitative estimate of drug-likeness (QED) is 0.887. The molecule has 0 spiro atoms. The first kappa shape index (κ1) is 11.7. The zero-order valence-corrected chi connectivity index (χ0v) is 9.20. The van der Waals surface area contributed by atoms with Gasteiger partial charge in [-0.3, -0.25) is 0 Å². The van der Waals surface area contributed by atoms with E-state index in [9.17, 15) is 8.78 Å². The molecule has 0 amide bonds. The summed E-state index contributed by atoms with van der Waals surface area (Å²) in [6, 6.07) is 3.45. The number of halogens is 2. The summed E-state index contributed by atoms with van der Waals surface area (Å²) < 4.78 is 31.0. The van der Waals surface area contributed by atoms with Gasteiger partial charge in [0.2, 0.25) is 11.8 Å². The normalized spacial score (nSPS) is 10.8. The first-order chi connectivity index (χ1) is 8.20. The Morgan fingerprint density at radius 3 is 2.76 bits per heavy atom. The second-order valence-electron chi connectivity index (χ2n) is 3.41. The van der Waals surface area contributed by atoms with Crippen molar-refractivity contribution in [3.8, 4) is 11.5 Å². The topological polar surface area (TPSA) is 51.0 Å². The van der Waals surface area contributed by atoms with Crippen LogP contribution in [0.25, 0.3) is 11.5 Å². The Bertz CT molecular complexity index is 513. The van der Waals surface area contributed by atoms with Gasteiger partial charge in [-0.15, -0.1) is 10.2 Å². The Kier molecular flexibility index (Phi) is 3.43. The van der Waals surface area contributed by atoms with Gasteiger partial charge in [-0.25, -0.2) is 8.78 Å². The fourth-order valence-electron chi connectivity index (χ4n) is 1.30. The van der Waals surface area contributed by atoms with E-state index in [1.807, 2.05) is 6.92 Å². The summed E-state index contributed by atoms with van der Waals surface area (Å²) >= 11 is 0. The first-order valence-corrected chi connectivity index (χ1v) is 5.19. The highest BCUT2D eigenvalue weighted by Crippen LogP contribution is 2.20. The van der Waals surface area contributed by atoms with Gasteiger partial charge in [0.25, 0.3) is 0 Å². The van der Waals surface area contributed by atoms with Gasteiger partial charge < -0.3 is 9.73 Å². The molecule has 0 atom stereocenters. The number of nitrogens with one attached hydrogen (secondary N) is 1. The van der Waals surface area contributed by atoms with Crippen LogP contribution >= 0.6 is 0 Å². The molecular weight excluding hydrogens is 228 g/mol. The Labute approximate surface area is 96.7 Å². The monoisotopic (exact) mass is 239 g/mol. The van der Waals surface area contributed by atoms with Crippen LogP contribution in [0.5, 0.6) is 0 Å². The lowest BCUT2D eigenvalue weighted by Gasteiger charge is -1.96. The highest BCUT2D eigenvalue weighted by molar-refractivity contribution is 5.52. The van der Waals surface area contributed by atoms with Gasteiger partial charge in [0.15, 0.2) is 11.6 Å². The van der Waals surface area contributed by atoms with Crippen molar-refractivity contribution >= 4 is 0 Å². The lowest BCUT2D eigenvalue weighted by molar-refractivity contribution is 0.480. The number of rotatable bonds is 4. The fraction of sp³-hybridized carbons (Fsp3) is 0.273. The maximum atomic E-state index is 13.0. The van der Waals surface area contributed by atoms with Gasteiger partial charge in [0.05, 0.1) is 6.54 Å². The molecule has 17 heavy (non-hydrogen) atoms. The van der Waals surface area contributed by atoms with Crippen molar-refractivity contribution in [1.82, 2.24) is 15.5 Å². The van der Waals surface area contributed by atoms with Crippen LogP contribution in [-0.4, -0.2) is 16.7 Å². The van der Waals surface area contributed by atoms with Crippen LogP contribution in [0, 0.1) is 11.6 Å². The zero-order chi connectivity index (χ0) is 12.3. The summed E-state index contributed by atoms with van der Waals surface area (Å²) in [5.74, 6) is -1.25. The Morgan fingerprint density at radius 2 is 2.06 bits per heavy atom. The van der Waals surface area contributed by atoms with Crippen LogP contribution in [-0.2, 0) is 6.54 Å². The van der Waals surface area contributed by atoms with Crippen molar-refractivity contribution in [2.45, 2.75) is 13.5 Å². The summed E-state index contributed by atoms with van der Waals surface area (Å²) in [6.45, 7) is 3.18. The Morgan fingerprint density at radius 1 is 1.24 bits per heavy atom. The van der Waals surface area contributed by atoms with Crippen LogP contribution in [0.3, 0.4) is 0 Å². The molecule has 0 unspecified atom stereocenters. The van der Waals surface area contributed by atoms with Crippen molar-refractivity contribution in [1.29, 1.82) is 0 Å². The Balaban J connectivity index is 2.21. The second-order valence-corrected chi connectivity index (χ2v) is 3.41. The molecule has 0 fully saturated rings. The molecule has 0 radical (unpaired) electrons. The van der Waals surface area contributed by atoms with E-state index in [1.54, 1.807) is 0 Å². The fourth-order valence-corrected chi connectivity index (χ4v) is 1.30. The molecule has 0 aliphatic rings. The van der Waals surface area contributed by atoms with E-state index in [0.717, 1.165) is 18.7 Å². The van der Waals surface area contributed by atoms with Gasteiger partial charge in [-0.05, 0) is 24.7 Å². The highest BCUT2D eigenvalue weighted by atomic mass is 19.2. The third kappa shape index (κ3) is 2.65. The number of hydrogen-bond donors (Lipinski definition) is 1. The predicted molar refractivity (Wildman–Crippen MR) is 57.0 cm³/mol. The molecule has 0 aliphatic carbocycles. The molecule has 0 bridgehead atoms.